The van der Waals surface area contributed by atoms with Gasteiger partial charge in [-0.25, -0.2) is 8.78 Å². The lowest BCUT2D eigenvalue weighted by Gasteiger charge is -2.40. The molecule has 1 aromatic rings. The van der Waals surface area contributed by atoms with Gasteiger partial charge >= 0.3 is 0 Å². The zero-order valence-electron chi connectivity index (χ0n) is 9.03. The molecule has 84 valence electrons. The third-order valence-electron chi connectivity index (χ3n) is 3.62. The van der Waals surface area contributed by atoms with Crippen molar-refractivity contribution in [1.29, 1.82) is 0 Å². The molecule has 2 heterocycles. The zero-order valence-corrected chi connectivity index (χ0v) is 9.03. The molecule has 0 bridgehead atoms. The van der Waals surface area contributed by atoms with Crippen molar-refractivity contribution in [1.82, 2.24) is 4.90 Å². The van der Waals surface area contributed by atoms with Crippen LogP contribution in [0.5, 0.6) is 0 Å². The lowest BCUT2D eigenvalue weighted by molar-refractivity contribution is 0.115. The third kappa shape index (κ3) is 1.20. The van der Waals surface area contributed by atoms with Gasteiger partial charge in [-0.2, -0.15) is 0 Å². The summed E-state index contributed by atoms with van der Waals surface area (Å²) in [6.45, 7) is 1.99. The molecule has 0 aromatic heterocycles. The van der Waals surface area contributed by atoms with Crippen LogP contribution >= 0.6 is 0 Å². The second-order valence-electron chi connectivity index (χ2n) is 4.49. The van der Waals surface area contributed by atoms with Crippen molar-refractivity contribution >= 4 is 0 Å². The van der Waals surface area contributed by atoms with Crippen molar-refractivity contribution in [3.05, 3.63) is 47.4 Å². The van der Waals surface area contributed by atoms with E-state index >= 15 is 0 Å². The summed E-state index contributed by atoms with van der Waals surface area (Å²) in [6, 6.07) is 4.33. The highest BCUT2D eigenvalue weighted by molar-refractivity contribution is 5.37. The highest BCUT2D eigenvalue weighted by Crippen LogP contribution is 2.44. The molecular formula is C13H13F2N. The van der Waals surface area contributed by atoms with Crippen LogP contribution in [0.2, 0.25) is 0 Å². The molecule has 0 saturated carbocycles. The maximum absolute atomic E-state index is 14.2. The van der Waals surface area contributed by atoms with Crippen LogP contribution in [0, 0.1) is 5.82 Å². The predicted octanol–water partition coefficient (Wildman–Crippen LogP) is 3.50. The average molecular weight is 221 g/mol. The lowest BCUT2D eigenvalue weighted by Crippen LogP contribution is -2.38. The Hall–Kier alpha value is -1.38. The normalized spacial score (nSPS) is 31.4. The average Bonchev–Trinajstić information content (AvgIpc) is 2.75. The topological polar surface area (TPSA) is 3.24 Å². The number of alkyl halides is 1. The van der Waals surface area contributed by atoms with Gasteiger partial charge in [-0.05, 0) is 42.8 Å². The summed E-state index contributed by atoms with van der Waals surface area (Å²) in [5, 5.41) is 0. The second kappa shape index (κ2) is 3.30. The molecule has 1 aromatic carbocycles. The summed E-state index contributed by atoms with van der Waals surface area (Å²) in [7, 11) is 0. The first-order chi connectivity index (χ1) is 7.68. The van der Waals surface area contributed by atoms with Gasteiger partial charge in [0.25, 0.3) is 0 Å². The van der Waals surface area contributed by atoms with Gasteiger partial charge in [-0.15, -0.1) is 0 Å². The summed E-state index contributed by atoms with van der Waals surface area (Å²) in [4.78, 5) is 1.99. The van der Waals surface area contributed by atoms with Crippen molar-refractivity contribution in [3.8, 4) is 0 Å². The minimum atomic E-state index is -1.01. The largest absolute Gasteiger partial charge is 0.364 e. The van der Waals surface area contributed by atoms with E-state index in [1.165, 1.54) is 12.1 Å². The summed E-state index contributed by atoms with van der Waals surface area (Å²) in [5.74, 6) is -0.292. The van der Waals surface area contributed by atoms with E-state index in [-0.39, 0.29) is 17.9 Å². The van der Waals surface area contributed by atoms with Gasteiger partial charge in [0.1, 0.15) is 12.0 Å². The molecule has 0 fully saturated rings. The Labute approximate surface area is 93.4 Å². The molecule has 0 aliphatic carbocycles. The standard InChI is InChI=1S/C13H13F2N/c1-8-11-7-9(14)4-5-10(11)13(15)12-3-2-6-16(8)12/h2,4-8,12-13H,3H2,1H3. The first-order valence-electron chi connectivity index (χ1n) is 5.56. The number of fused-ring (bicyclic) bond motifs is 2. The first-order valence-corrected chi connectivity index (χ1v) is 5.56. The van der Waals surface area contributed by atoms with Crippen molar-refractivity contribution in [2.24, 2.45) is 0 Å². The van der Waals surface area contributed by atoms with E-state index in [9.17, 15) is 8.78 Å². The summed E-state index contributed by atoms with van der Waals surface area (Å²) in [5.41, 5.74) is 1.43. The van der Waals surface area contributed by atoms with Gasteiger partial charge in [0.15, 0.2) is 0 Å². The Kier molecular flexibility index (Phi) is 2.03. The van der Waals surface area contributed by atoms with Crippen molar-refractivity contribution in [2.75, 3.05) is 0 Å². The molecule has 16 heavy (non-hydrogen) atoms. The van der Waals surface area contributed by atoms with Crippen LogP contribution in [0.15, 0.2) is 30.5 Å². The Morgan fingerprint density at radius 3 is 2.94 bits per heavy atom. The molecule has 3 unspecified atom stereocenters. The number of rotatable bonds is 0. The monoisotopic (exact) mass is 221 g/mol. The smallest absolute Gasteiger partial charge is 0.146 e. The van der Waals surface area contributed by atoms with Crippen LogP contribution in [-0.2, 0) is 0 Å². The van der Waals surface area contributed by atoms with E-state index in [1.807, 2.05) is 24.1 Å². The van der Waals surface area contributed by atoms with Gasteiger partial charge < -0.3 is 4.90 Å². The number of hydrogen-bond acceptors (Lipinski definition) is 1. The Bertz CT molecular complexity index is 455. The minimum absolute atomic E-state index is 0.0569. The van der Waals surface area contributed by atoms with E-state index in [2.05, 4.69) is 0 Å². The number of nitrogens with zero attached hydrogens (tertiary/aromatic N) is 1. The molecule has 2 aliphatic heterocycles. The lowest BCUT2D eigenvalue weighted by atomic mass is 9.88. The summed E-state index contributed by atoms with van der Waals surface area (Å²) < 4.78 is 27.4. The van der Waals surface area contributed by atoms with Crippen molar-refractivity contribution in [2.45, 2.75) is 31.6 Å². The molecular weight excluding hydrogens is 208 g/mol. The maximum atomic E-state index is 14.2. The third-order valence-corrected chi connectivity index (χ3v) is 3.62. The molecule has 0 saturated heterocycles. The molecule has 1 nitrogen and oxygen atoms in total. The van der Waals surface area contributed by atoms with Crippen LogP contribution in [0.3, 0.4) is 0 Å². The van der Waals surface area contributed by atoms with Crippen molar-refractivity contribution in [3.63, 3.8) is 0 Å². The molecule has 3 heteroatoms. The van der Waals surface area contributed by atoms with Gasteiger partial charge in [0.2, 0.25) is 0 Å². The molecule has 0 spiro atoms. The van der Waals surface area contributed by atoms with Gasteiger partial charge in [-0.1, -0.05) is 12.1 Å². The number of hydrogen-bond donors (Lipinski definition) is 0. The van der Waals surface area contributed by atoms with Crippen molar-refractivity contribution < 1.29 is 8.78 Å². The molecule has 2 aliphatic rings. The predicted molar refractivity (Wildman–Crippen MR) is 58.0 cm³/mol. The van der Waals surface area contributed by atoms with Crippen LogP contribution in [0.4, 0.5) is 8.78 Å². The summed E-state index contributed by atoms with van der Waals surface area (Å²) >= 11 is 0. The number of halogens is 2. The minimum Gasteiger partial charge on any atom is -0.364 e. The summed E-state index contributed by atoms with van der Waals surface area (Å²) in [6.07, 6.45) is 3.63. The fraction of sp³-hybridized carbons (Fsp3) is 0.385. The Morgan fingerprint density at radius 2 is 2.12 bits per heavy atom. The number of benzene rings is 1. The van der Waals surface area contributed by atoms with Gasteiger partial charge in [0.05, 0.1) is 12.1 Å². The Morgan fingerprint density at radius 1 is 1.31 bits per heavy atom. The Balaban J connectivity index is 2.13. The van der Waals surface area contributed by atoms with Gasteiger partial charge in [0, 0.05) is 0 Å². The molecule has 3 rings (SSSR count). The zero-order chi connectivity index (χ0) is 11.3. The van der Waals surface area contributed by atoms with Gasteiger partial charge in [-0.3, -0.25) is 0 Å². The molecule has 0 radical (unpaired) electrons. The SMILES string of the molecule is CC1c2cc(F)ccc2C(F)C2CC=CN12. The van der Waals surface area contributed by atoms with Crippen LogP contribution < -0.4 is 0 Å². The molecule has 0 N–H and O–H groups in total. The van der Waals surface area contributed by atoms with E-state index in [0.717, 1.165) is 12.0 Å². The van der Waals surface area contributed by atoms with Crippen LogP contribution in [0.1, 0.15) is 36.7 Å². The molecule has 0 amide bonds. The first kappa shape index (κ1) is 9.82. The van der Waals surface area contributed by atoms with E-state index in [4.69, 9.17) is 0 Å². The van der Waals surface area contributed by atoms with Crippen LogP contribution in [-0.4, -0.2) is 10.9 Å². The highest BCUT2D eigenvalue weighted by atomic mass is 19.1. The molecule has 3 atom stereocenters. The van der Waals surface area contributed by atoms with E-state index in [0.29, 0.717) is 5.56 Å². The van der Waals surface area contributed by atoms with Crippen LogP contribution in [0.25, 0.3) is 0 Å². The fourth-order valence-corrected chi connectivity index (χ4v) is 2.77. The second-order valence-corrected chi connectivity index (χ2v) is 4.49. The highest BCUT2D eigenvalue weighted by Gasteiger charge is 2.39. The van der Waals surface area contributed by atoms with E-state index < -0.39 is 6.17 Å². The van der Waals surface area contributed by atoms with E-state index in [1.54, 1.807) is 6.07 Å². The fourth-order valence-electron chi connectivity index (χ4n) is 2.77. The quantitative estimate of drug-likeness (QED) is 0.648. The maximum Gasteiger partial charge on any atom is 0.146 e.